The quantitative estimate of drug-likeness (QED) is 0.772. The van der Waals surface area contributed by atoms with E-state index in [0.717, 1.165) is 10.9 Å². The molecule has 7 heteroatoms. The lowest BCUT2D eigenvalue weighted by atomic mass is 10.0. The van der Waals surface area contributed by atoms with E-state index in [2.05, 4.69) is 15.5 Å². The molecule has 1 aromatic carbocycles. The van der Waals surface area contributed by atoms with Crippen molar-refractivity contribution in [1.29, 1.82) is 0 Å². The molecule has 3 aromatic rings. The van der Waals surface area contributed by atoms with Gasteiger partial charge in [-0.3, -0.25) is 4.79 Å². The highest BCUT2D eigenvalue weighted by atomic mass is 16.5. The first kappa shape index (κ1) is 16.0. The Hall–Kier alpha value is -2.83. The third kappa shape index (κ3) is 2.84. The van der Waals surface area contributed by atoms with Crippen molar-refractivity contribution in [3.05, 3.63) is 41.7 Å². The lowest BCUT2D eigenvalue weighted by Gasteiger charge is -2.18. The van der Waals surface area contributed by atoms with Crippen LogP contribution >= 0.6 is 0 Å². The van der Waals surface area contributed by atoms with Gasteiger partial charge in [0, 0.05) is 10.9 Å². The number of aryl methyl sites for hydroxylation is 1. The molecule has 2 heterocycles. The minimum absolute atomic E-state index is 0.0938. The van der Waals surface area contributed by atoms with Crippen LogP contribution < -0.4 is 10.1 Å². The van der Waals surface area contributed by atoms with Gasteiger partial charge in [-0.1, -0.05) is 19.0 Å². The van der Waals surface area contributed by atoms with E-state index in [1.807, 2.05) is 26.8 Å². The molecule has 0 aliphatic carbocycles. The average Bonchev–Trinajstić information content (AvgIpc) is 3.20. The summed E-state index contributed by atoms with van der Waals surface area (Å²) in [4.78, 5) is 16.7. The summed E-state index contributed by atoms with van der Waals surface area (Å²) in [6.45, 7) is 5.79. The van der Waals surface area contributed by atoms with E-state index in [1.54, 1.807) is 19.2 Å². The Morgan fingerprint density at radius 3 is 2.75 bits per heavy atom. The maximum absolute atomic E-state index is 12.7. The second-order valence-electron chi connectivity index (χ2n) is 5.90. The molecule has 2 aromatic heterocycles. The zero-order valence-corrected chi connectivity index (χ0v) is 14.0. The lowest BCUT2D eigenvalue weighted by molar-refractivity contribution is 0.0895. The van der Waals surface area contributed by atoms with E-state index < -0.39 is 0 Å². The Bertz CT molecular complexity index is 852. The van der Waals surface area contributed by atoms with Crippen LogP contribution in [0.1, 0.15) is 41.8 Å². The summed E-state index contributed by atoms with van der Waals surface area (Å²) in [5.74, 6) is 1.20. The van der Waals surface area contributed by atoms with E-state index in [1.165, 1.54) is 6.39 Å². The lowest BCUT2D eigenvalue weighted by Crippen LogP contribution is -2.32. The number of rotatable bonds is 5. The number of benzene rings is 1. The first-order chi connectivity index (χ1) is 11.5. The zero-order valence-electron chi connectivity index (χ0n) is 14.0. The number of amides is 1. The van der Waals surface area contributed by atoms with Crippen molar-refractivity contribution in [2.45, 2.75) is 26.8 Å². The van der Waals surface area contributed by atoms with Crippen LogP contribution in [0.15, 0.2) is 33.5 Å². The van der Waals surface area contributed by atoms with Crippen LogP contribution in [-0.4, -0.2) is 23.2 Å². The number of ether oxygens (including phenoxy) is 1. The van der Waals surface area contributed by atoms with Crippen molar-refractivity contribution >= 4 is 16.9 Å². The molecule has 0 bridgehead atoms. The molecule has 0 aliphatic heterocycles. The fraction of sp³-hybridized carbons (Fsp3) is 0.353. The van der Waals surface area contributed by atoms with Crippen LogP contribution in [-0.2, 0) is 0 Å². The molecular formula is C17H19N3O4. The smallest absolute Gasteiger partial charge is 0.287 e. The molecule has 3 rings (SSSR count). The fourth-order valence-corrected chi connectivity index (χ4v) is 2.60. The summed E-state index contributed by atoms with van der Waals surface area (Å²) in [6.07, 6.45) is 1.25. The highest BCUT2D eigenvalue weighted by Gasteiger charge is 2.26. The van der Waals surface area contributed by atoms with Crippen LogP contribution in [0.4, 0.5) is 0 Å². The Labute approximate surface area is 139 Å². The van der Waals surface area contributed by atoms with Crippen LogP contribution in [0, 0.1) is 12.8 Å². The highest BCUT2D eigenvalue weighted by Crippen LogP contribution is 2.29. The van der Waals surface area contributed by atoms with Gasteiger partial charge in [0.2, 0.25) is 6.39 Å². The van der Waals surface area contributed by atoms with E-state index in [4.69, 9.17) is 13.7 Å². The second-order valence-corrected chi connectivity index (χ2v) is 5.90. The number of hydrogen-bond donors (Lipinski definition) is 1. The Morgan fingerprint density at radius 1 is 1.33 bits per heavy atom. The first-order valence-electron chi connectivity index (χ1n) is 7.65. The summed E-state index contributed by atoms with van der Waals surface area (Å²) >= 11 is 0. The maximum Gasteiger partial charge on any atom is 0.287 e. The van der Waals surface area contributed by atoms with Crippen molar-refractivity contribution < 1.29 is 18.5 Å². The van der Waals surface area contributed by atoms with Gasteiger partial charge in [0.1, 0.15) is 11.3 Å². The van der Waals surface area contributed by atoms with Gasteiger partial charge in [0.05, 0.1) is 13.2 Å². The number of fused-ring (bicyclic) bond motifs is 1. The van der Waals surface area contributed by atoms with Crippen LogP contribution in [0.25, 0.3) is 11.0 Å². The molecule has 0 spiro atoms. The Balaban J connectivity index is 1.92. The molecule has 0 fully saturated rings. The maximum atomic E-state index is 12.7. The number of hydrogen-bond acceptors (Lipinski definition) is 6. The molecule has 126 valence electrons. The highest BCUT2D eigenvalue weighted by molar-refractivity contribution is 5.99. The van der Waals surface area contributed by atoms with E-state index >= 15 is 0 Å². The Morgan fingerprint density at radius 2 is 2.12 bits per heavy atom. The molecular weight excluding hydrogens is 310 g/mol. The summed E-state index contributed by atoms with van der Waals surface area (Å²) in [6, 6.07) is 5.07. The topological polar surface area (TPSA) is 90.4 Å². The summed E-state index contributed by atoms with van der Waals surface area (Å²) in [7, 11) is 1.60. The van der Waals surface area contributed by atoms with Crippen LogP contribution in [0.2, 0.25) is 0 Å². The predicted molar refractivity (Wildman–Crippen MR) is 86.8 cm³/mol. The Kier molecular flexibility index (Phi) is 4.24. The van der Waals surface area contributed by atoms with Crippen molar-refractivity contribution in [1.82, 2.24) is 15.5 Å². The standard InChI is InChI=1S/C17H19N3O4/c1-9(2)14(16-18-8-23-20-16)19-17(21)15-10(3)12-7-11(22-4)5-6-13(12)24-15/h5-9,14H,1-4H3,(H,19,21). The summed E-state index contributed by atoms with van der Waals surface area (Å²) in [5, 5.41) is 7.59. The van der Waals surface area contributed by atoms with E-state index in [-0.39, 0.29) is 23.6 Å². The number of carbonyl (C=O) groups is 1. The van der Waals surface area contributed by atoms with Crippen LogP contribution in [0.3, 0.4) is 0 Å². The van der Waals surface area contributed by atoms with Crippen LogP contribution in [0.5, 0.6) is 5.75 Å². The third-order valence-electron chi connectivity index (χ3n) is 3.96. The molecule has 1 unspecified atom stereocenters. The minimum atomic E-state index is -0.363. The first-order valence-corrected chi connectivity index (χ1v) is 7.65. The second kappa shape index (κ2) is 6.35. The van der Waals surface area contributed by atoms with Gasteiger partial charge < -0.3 is 19.0 Å². The van der Waals surface area contributed by atoms with Gasteiger partial charge >= 0.3 is 0 Å². The number of furan rings is 1. The fourth-order valence-electron chi connectivity index (χ4n) is 2.60. The number of aromatic nitrogens is 2. The molecule has 0 saturated carbocycles. The van der Waals surface area contributed by atoms with Gasteiger partial charge in [-0.25, -0.2) is 0 Å². The molecule has 0 saturated heterocycles. The average molecular weight is 329 g/mol. The van der Waals surface area contributed by atoms with Crippen molar-refractivity contribution in [3.8, 4) is 5.75 Å². The number of methoxy groups -OCH3 is 1. The number of nitrogens with one attached hydrogen (secondary N) is 1. The van der Waals surface area contributed by atoms with Crippen molar-refractivity contribution in [2.24, 2.45) is 5.92 Å². The molecule has 0 radical (unpaired) electrons. The third-order valence-corrected chi connectivity index (χ3v) is 3.96. The molecule has 7 nitrogen and oxygen atoms in total. The van der Waals surface area contributed by atoms with Gasteiger partial charge in [-0.15, -0.1) is 0 Å². The molecule has 24 heavy (non-hydrogen) atoms. The van der Waals surface area contributed by atoms with Gasteiger partial charge in [-0.2, -0.15) is 4.98 Å². The van der Waals surface area contributed by atoms with E-state index in [9.17, 15) is 4.79 Å². The normalized spacial score (nSPS) is 12.5. The van der Waals surface area contributed by atoms with E-state index in [0.29, 0.717) is 17.2 Å². The van der Waals surface area contributed by atoms with Crippen molar-refractivity contribution in [2.75, 3.05) is 7.11 Å². The SMILES string of the molecule is COc1ccc2oc(C(=O)NC(c3ncon3)C(C)C)c(C)c2c1. The number of carbonyl (C=O) groups excluding carboxylic acids is 1. The predicted octanol–water partition coefficient (Wildman–Crippen LogP) is 3.26. The number of nitrogens with zero attached hydrogens (tertiary/aromatic N) is 2. The molecule has 1 atom stereocenters. The summed E-state index contributed by atoms with van der Waals surface area (Å²) < 4.78 is 15.7. The summed E-state index contributed by atoms with van der Waals surface area (Å²) in [5.41, 5.74) is 1.40. The van der Waals surface area contributed by atoms with Gasteiger partial charge in [0.15, 0.2) is 11.6 Å². The minimum Gasteiger partial charge on any atom is -0.497 e. The molecule has 1 N–H and O–H groups in total. The van der Waals surface area contributed by atoms with Crippen molar-refractivity contribution in [3.63, 3.8) is 0 Å². The molecule has 0 aliphatic rings. The monoisotopic (exact) mass is 329 g/mol. The largest absolute Gasteiger partial charge is 0.497 e. The zero-order chi connectivity index (χ0) is 17.3. The molecule has 1 amide bonds. The van der Waals surface area contributed by atoms with Gasteiger partial charge in [-0.05, 0) is 31.0 Å². The van der Waals surface area contributed by atoms with Gasteiger partial charge in [0.25, 0.3) is 5.91 Å².